The Morgan fingerprint density at radius 1 is 0.640 bits per heavy atom. The van der Waals surface area contributed by atoms with Crippen molar-refractivity contribution in [1.29, 1.82) is 0 Å². The van der Waals surface area contributed by atoms with Crippen LogP contribution in [0.2, 0.25) is 0 Å². The minimum absolute atomic E-state index is 0.333. The van der Waals surface area contributed by atoms with E-state index in [1.165, 1.54) is 116 Å². The largest absolute Gasteiger partial charge is 0.370 e. The summed E-state index contributed by atoms with van der Waals surface area (Å²) in [5.41, 5.74) is 4.47. The zero-order chi connectivity index (χ0) is 19.2. The summed E-state index contributed by atoms with van der Waals surface area (Å²) in [6.45, 7) is 4.86. The first-order valence-corrected chi connectivity index (χ1v) is 10.9. The Kier molecular flexibility index (Phi) is 25.0. The second-order valence-electron chi connectivity index (χ2n) is 7.72. The van der Waals surface area contributed by atoms with Crippen molar-refractivity contribution in [2.75, 3.05) is 20.6 Å². The summed E-state index contributed by atoms with van der Waals surface area (Å²) in [4.78, 5) is 11.5. The van der Waals surface area contributed by atoms with Crippen molar-refractivity contribution >= 4 is 5.91 Å². The maximum absolute atomic E-state index is 9.22. The average Bonchev–Trinajstić information content (AvgIpc) is 2.53. The fraction of sp³-hybridized carbons (Fsp3) is 0.955. The quantitative estimate of drug-likeness (QED) is 0.311. The van der Waals surface area contributed by atoms with Gasteiger partial charge >= 0.3 is 0 Å². The normalized spacial score (nSPS) is 10.6. The first-order chi connectivity index (χ1) is 12.0. The molecule has 3 heteroatoms. The van der Waals surface area contributed by atoms with Gasteiger partial charge in [-0.05, 0) is 27.1 Å². The molecule has 25 heavy (non-hydrogen) atoms. The number of hydrogen-bond donors (Lipinski definition) is 1. The molecule has 0 heterocycles. The van der Waals surface area contributed by atoms with Crippen LogP contribution in [0.5, 0.6) is 0 Å². The number of rotatable bonds is 17. The van der Waals surface area contributed by atoms with Gasteiger partial charge in [0.2, 0.25) is 5.91 Å². The van der Waals surface area contributed by atoms with E-state index in [9.17, 15) is 4.79 Å². The van der Waals surface area contributed by atoms with Crippen LogP contribution in [0.25, 0.3) is 0 Å². The highest BCUT2D eigenvalue weighted by Gasteiger charge is 1.95. The van der Waals surface area contributed by atoms with Crippen LogP contribution in [0, 0.1) is 0 Å². The number of primary amides is 1. The van der Waals surface area contributed by atoms with Crippen molar-refractivity contribution in [2.45, 2.75) is 117 Å². The van der Waals surface area contributed by atoms with Crippen molar-refractivity contribution in [3.05, 3.63) is 0 Å². The van der Waals surface area contributed by atoms with E-state index < -0.39 is 0 Å². The van der Waals surface area contributed by atoms with Crippen molar-refractivity contribution in [1.82, 2.24) is 4.90 Å². The highest BCUT2D eigenvalue weighted by atomic mass is 16.1. The van der Waals surface area contributed by atoms with Crippen LogP contribution in [-0.4, -0.2) is 31.4 Å². The molecular formula is C22H48N2O. The van der Waals surface area contributed by atoms with Gasteiger partial charge in [0, 0.05) is 6.92 Å². The predicted octanol–water partition coefficient (Wildman–Crippen LogP) is 6.30. The standard InChI is InChI=1S/C20H43N.C2H5NO/c1-4-5-6-7-8-9-10-11-12-13-14-15-16-17-18-19-20-21(2)3;1-2(3)4/h4-20H2,1-3H3;1H3,(H2,3,4). The molecule has 2 N–H and O–H groups in total. The van der Waals surface area contributed by atoms with Gasteiger partial charge in [0.15, 0.2) is 0 Å². The maximum atomic E-state index is 9.22. The van der Waals surface area contributed by atoms with Crippen molar-refractivity contribution in [3.63, 3.8) is 0 Å². The van der Waals surface area contributed by atoms with E-state index in [4.69, 9.17) is 0 Å². The fourth-order valence-corrected chi connectivity index (χ4v) is 2.98. The molecule has 0 unspecified atom stereocenters. The molecule has 0 bridgehead atoms. The van der Waals surface area contributed by atoms with E-state index in [1.54, 1.807) is 0 Å². The molecule has 1 amide bonds. The molecule has 0 radical (unpaired) electrons. The van der Waals surface area contributed by atoms with Crippen LogP contribution >= 0.6 is 0 Å². The van der Waals surface area contributed by atoms with Gasteiger partial charge in [-0.15, -0.1) is 0 Å². The third kappa shape index (κ3) is 35.4. The van der Waals surface area contributed by atoms with Crippen molar-refractivity contribution in [3.8, 4) is 0 Å². The summed E-state index contributed by atoms with van der Waals surface area (Å²) in [5.74, 6) is -0.333. The van der Waals surface area contributed by atoms with Crippen LogP contribution in [0.3, 0.4) is 0 Å². The number of nitrogens with zero attached hydrogens (tertiary/aromatic N) is 1. The Labute approximate surface area is 159 Å². The number of hydrogen-bond acceptors (Lipinski definition) is 2. The molecular weight excluding hydrogens is 308 g/mol. The monoisotopic (exact) mass is 356 g/mol. The zero-order valence-electron chi connectivity index (χ0n) is 18.0. The minimum Gasteiger partial charge on any atom is -0.370 e. The van der Waals surface area contributed by atoms with Crippen LogP contribution in [0.4, 0.5) is 0 Å². The van der Waals surface area contributed by atoms with Crippen molar-refractivity contribution < 1.29 is 4.79 Å². The summed E-state index contributed by atoms with van der Waals surface area (Å²) < 4.78 is 0. The molecule has 0 aromatic carbocycles. The van der Waals surface area contributed by atoms with Gasteiger partial charge in [-0.3, -0.25) is 4.79 Å². The molecule has 0 aromatic rings. The molecule has 0 aliphatic carbocycles. The molecule has 0 atom stereocenters. The van der Waals surface area contributed by atoms with Gasteiger partial charge in [-0.1, -0.05) is 103 Å². The summed E-state index contributed by atoms with van der Waals surface area (Å²) in [7, 11) is 4.34. The van der Waals surface area contributed by atoms with Gasteiger partial charge in [-0.2, -0.15) is 0 Å². The van der Waals surface area contributed by atoms with Gasteiger partial charge < -0.3 is 10.6 Å². The first-order valence-electron chi connectivity index (χ1n) is 10.9. The molecule has 0 aliphatic heterocycles. The molecule has 0 aliphatic rings. The van der Waals surface area contributed by atoms with Gasteiger partial charge in [0.1, 0.15) is 0 Å². The van der Waals surface area contributed by atoms with E-state index in [0.29, 0.717) is 0 Å². The van der Waals surface area contributed by atoms with Crippen LogP contribution in [0.1, 0.15) is 117 Å². The van der Waals surface area contributed by atoms with E-state index in [1.807, 2.05) is 0 Å². The topological polar surface area (TPSA) is 46.3 Å². The lowest BCUT2D eigenvalue weighted by Gasteiger charge is -2.08. The smallest absolute Gasteiger partial charge is 0.214 e. The Morgan fingerprint density at radius 2 is 0.880 bits per heavy atom. The number of carbonyl (C=O) groups is 1. The second kappa shape index (κ2) is 23.4. The molecule has 0 fully saturated rings. The average molecular weight is 357 g/mol. The SMILES string of the molecule is CC(N)=O.CCCCCCCCCCCCCCCCCCN(C)C. The molecule has 0 aromatic heterocycles. The molecule has 0 rings (SSSR count). The number of nitrogens with two attached hydrogens (primary N) is 1. The van der Waals surface area contributed by atoms with Gasteiger partial charge in [-0.25, -0.2) is 0 Å². The Bertz CT molecular complexity index is 250. The van der Waals surface area contributed by atoms with Crippen molar-refractivity contribution in [2.24, 2.45) is 5.73 Å². The van der Waals surface area contributed by atoms with E-state index >= 15 is 0 Å². The van der Waals surface area contributed by atoms with E-state index in [2.05, 4.69) is 31.7 Å². The molecule has 0 spiro atoms. The lowest BCUT2D eigenvalue weighted by molar-refractivity contribution is -0.115. The predicted molar refractivity (Wildman–Crippen MR) is 113 cm³/mol. The highest BCUT2D eigenvalue weighted by molar-refractivity contribution is 5.70. The first kappa shape index (κ1) is 26.7. The molecule has 0 saturated heterocycles. The number of unbranched alkanes of at least 4 members (excludes halogenated alkanes) is 15. The van der Waals surface area contributed by atoms with E-state index in [-0.39, 0.29) is 5.91 Å². The maximum Gasteiger partial charge on any atom is 0.214 e. The highest BCUT2D eigenvalue weighted by Crippen LogP contribution is 2.13. The number of amides is 1. The fourth-order valence-electron chi connectivity index (χ4n) is 2.98. The van der Waals surface area contributed by atoms with Gasteiger partial charge in [0.25, 0.3) is 0 Å². The Hall–Kier alpha value is -0.570. The van der Waals surface area contributed by atoms with Gasteiger partial charge in [0.05, 0.1) is 0 Å². The summed E-state index contributed by atoms with van der Waals surface area (Å²) in [6.07, 6.45) is 23.3. The lowest BCUT2D eigenvalue weighted by atomic mass is 10.0. The Morgan fingerprint density at radius 3 is 1.12 bits per heavy atom. The minimum atomic E-state index is -0.333. The summed E-state index contributed by atoms with van der Waals surface area (Å²) in [6, 6.07) is 0. The summed E-state index contributed by atoms with van der Waals surface area (Å²) in [5, 5.41) is 0. The van der Waals surface area contributed by atoms with E-state index in [0.717, 1.165) is 0 Å². The molecule has 152 valence electrons. The third-order valence-electron chi connectivity index (χ3n) is 4.46. The van der Waals surface area contributed by atoms with Crippen LogP contribution in [-0.2, 0) is 4.79 Å². The Balaban J connectivity index is 0. The lowest BCUT2D eigenvalue weighted by Crippen LogP contribution is -2.12. The molecule has 0 saturated carbocycles. The molecule has 3 nitrogen and oxygen atoms in total. The second-order valence-corrected chi connectivity index (χ2v) is 7.72. The zero-order valence-corrected chi connectivity index (χ0v) is 18.0. The van der Waals surface area contributed by atoms with Crippen LogP contribution in [0.15, 0.2) is 0 Å². The number of carbonyl (C=O) groups excluding carboxylic acids is 1. The van der Waals surface area contributed by atoms with Crippen LogP contribution < -0.4 is 5.73 Å². The third-order valence-corrected chi connectivity index (χ3v) is 4.46. The summed E-state index contributed by atoms with van der Waals surface area (Å²) >= 11 is 0.